The first kappa shape index (κ1) is 14.0. The van der Waals surface area contributed by atoms with Crippen LogP contribution in [0.25, 0.3) is 11.0 Å². The number of aromatic nitrogens is 2. The molecule has 1 aromatic carbocycles. The van der Waals surface area contributed by atoms with Gasteiger partial charge in [0.2, 0.25) is 5.92 Å². The highest BCUT2D eigenvalue weighted by Crippen LogP contribution is 2.41. The van der Waals surface area contributed by atoms with E-state index in [0.29, 0.717) is 24.2 Å². The maximum absolute atomic E-state index is 13.3. The average molecular weight is 294 g/mol. The van der Waals surface area contributed by atoms with E-state index in [2.05, 4.69) is 4.98 Å². The van der Waals surface area contributed by atoms with Crippen molar-refractivity contribution in [3.8, 4) is 0 Å². The van der Waals surface area contributed by atoms with Crippen molar-refractivity contribution in [2.75, 3.05) is 0 Å². The lowest BCUT2D eigenvalue weighted by atomic mass is 9.86. The molecule has 2 aromatic rings. The van der Waals surface area contributed by atoms with Crippen LogP contribution in [0.1, 0.15) is 37.4 Å². The Labute approximate surface area is 120 Å². The van der Waals surface area contributed by atoms with Gasteiger partial charge in [-0.1, -0.05) is 12.1 Å². The summed E-state index contributed by atoms with van der Waals surface area (Å²) < 4.78 is 28.2. The molecule has 1 aromatic heterocycles. The minimum Gasteiger partial charge on any atom is -0.480 e. The van der Waals surface area contributed by atoms with E-state index in [1.54, 1.807) is 4.57 Å². The van der Waals surface area contributed by atoms with E-state index in [0.717, 1.165) is 5.52 Å². The summed E-state index contributed by atoms with van der Waals surface area (Å²) in [6, 6.07) is 7.28. The fourth-order valence-corrected chi connectivity index (χ4v) is 3.01. The Morgan fingerprint density at radius 1 is 1.33 bits per heavy atom. The van der Waals surface area contributed by atoms with Crippen LogP contribution in [0.5, 0.6) is 0 Å². The summed E-state index contributed by atoms with van der Waals surface area (Å²) in [5, 5.41) is 9.08. The molecule has 1 saturated carbocycles. The van der Waals surface area contributed by atoms with Crippen molar-refractivity contribution in [1.29, 1.82) is 0 Å². The fourth-order valence-electron chi connectivity index (χ4n) is 3.01. The molecule has 0 spiro atoms. The molecule has 1 N–H and O–H groups in total. The SMILES string of the molecule is O=C(O)Cn1c(C2CCC(F)(F)CC2)nc2ccccc21. The molecule has 1 fully saturated rings. The van der Waals surface area contributed by atoms with E-state index in [4.69, 9.17) is 5.11 Å². The first-order chi connectivity index (χ1) is 9.96. The Morgan fingerprint density at radius 3 is 2.67 bits per heavy atom. The molecule has 0 amide bonds. The second-order valence-corrected chi connectivity index (χ2v) is 5.57. The largest absolute Gasteiger partial charge is 0.480 e. The quantitative estimate of drug-likeness (QED) is 0.943. The molecule has 21 heavy (non-hydrogen) atoms. The van der Waals surface area contributed by atoms with E-state index in [9.17, 15) is 13.6 Å². The van der Waals surface area contributed by atoms with Crippen molar-refractivity contribution >= 4 is 17.0 Å². The van der Waals surface area contributed by atoms with Crippen LogP contribution in [0.2, 0.25) is 0 Å². The molecule has 0 atom stereocenters. The Bertz CT molecular complexity index is 671. The van der Waals surface area contributed by atoms with Crippen LogP contribution < -0.4 is 0 Å². The van der Waals surface area contributed by atoms with Crippen molar-refractivity contribution in [2.45, 2.75) is 44.1 Å². The number of carboxylic acids is 1. The number of aliphatic carboxylic acids is 1. The van der Waals surface area contributed by atoms with Gasteiger partial charge in [-0.3, -0.25) is 4.79 Å². The number of hydrogen-bond donors (Lipinski definition) is 1. The summed E-state index contributed by atoms with van der Waals surface area (Å²) >= 11 is 0. The number of halogens is 2. The Morgan fingerprint density at radius 2 is 2.00 bits per heavy atom. The highest BCUT2D eigenvalue weighted by atomic mass is 19.3. The maximum Gasteiger partial charge on any atom is 0.323 e. The zero-order valence-corrected chi connectivity index (χ0v) is 11.4. The Kier molecular flexibility index (Phi) is 3.39. The number of nitrogens with zero attached hydrogens (tertiary/aromatic N) is 2. The maximum atomic E-state index is 13.3. The molecule has 0 radical (unpaired) electrons. The van der Waals surface area contributed by atoms with Crippen molar-refractivity contribution in [2.24, 2.45) is 0 Å². The minimum absolute atomic E-state index is 0.101. The number of imidazole rings is 1. The average Bonchev–Trinajstić information content (AvgIpc) is 2.77. The van der Waals surface area contributed by atoms with Crippen LogP contribution in [-0.4, -0.2) is 26.5 Å². The monoisotopic (exact) mass is 294 g/mol. The van der Waals surface area contributed by atoms with Gasteiger partial charge < -0.3 is 9.67 Å². The van der Waals surface area contributed by atoms with Gasteiger partial charge in [-0.25, -0.2) is 13.8 Å². The predicted molar refractivity (Wildman–Crippen MR) is 73.5 cm³/mol. The van der Waals surface area contributed by atoms with Crippen LogP contribution in [0, 0.1) is 0 Å². The standard InChI is InChI=1S/C15H16F2N2O2/c16-15(17)7-5-10(6-8-15)14-18-11-3-1-2-4-12(11)19(14)9-13(20)21/h1-4,10H,5-9H2,(H,20,21). The van der Waals surface area contributed by atoms with Gasteiger partial charge in [0, 0.05) is 18.8 Å². The number of carboxylic acid groups (broad SMARTS) is 1. The van der Waals surface area contributed by atoms with Gasteiger partial charge in [-0.15, -0.1) is 0 Å². The highest BCUT2D eigenvalue weighted by molar-refractivity contribution is 5.78. The molecule has 0 saturated heterocycles. The summed E-state index contributed by atoms with van der Waals surface area (Å²) in [5.41, 5.74) is 1.46. The van der Waals surface area contributed by atoms with Crippen LogP contribution >= 0.6 is 0 Å². The van der Waals surface area contributed by atoms with E-state index in [1.807, 2.05) is 24.3 Å². The van der Waals surface area contributed by atoms with Crippen molar-refractivity contribution in [1.82, 2.24) is 9.55 Å². The molecule has 6 heteroatoms. The molecule has 4 nitrogen and oxygen atoms in total. The van der Waals surface area contributed by atoms with Gasteiger partial charge >= 0.3 is 5.97 Å². The van der Waals surface area contributed by atoms with Crippen LogP contribution in [-0.2, 0) is 11.3 Å². The molecule has 0 bridgehead atoms. The third kappa shape index (κ3) is 2.75. The van der Waals surface area contributed by atoms with E-state index < -0.39 is 11.9 Å². The fraction of sp³-hybridized carbons (Fsp3) is 0.467. The third-order valence-electron chi connectivity index (χ3n) is 4.06. The number of benzene rings is 1. The van der Waals surface area contributed by atoms with E-state index in [-0.39, 0.29) is 25.3 Å². The van der Waals surface area contributed by atoms with Crippen molar-refractivity contribution in [3.63, 3.8) is 0 Å². The van der Waals surface area contributed by atoms with Gasteiger partial charge in [-0.2, -0.15) is 0 Å². The molecule has 1 aliphatic rings. The summed E-state index contributed by atoms with van der Waals surface area (Å²) in [7, 11) is 0. The number of hydrogen-bond acceptors (Lipinski definition) is 2. The van der Waals surface area contributed by atoms with Gasteiger partial charge in [0.25, 0.3) is 0 Å². The Hall–Kier alpha value is -1.98. The molecule has 1 aliphatic carbocycles. The summed E-state index contributed by atoms with van der Waals surface area (Å²) in [5.74, 6) is -3.04. The number of carbonyl (C=O) groups is 1. The van der Waals surface area contributed by atoms with Crippen LogP contribution in [0.15, 0.2) is 24.3 Å². The zero-order valence-electron chi connectivity index (χ0n) is 11.4. The molecule has 0 unspecified atom stereocenters. The first-order valence-corrected chi connectivity index (χ1v) is 7.01. The van der Waals surface area contributed by atoms with Crippen molar-refractivity contribution < 1.29 is 18.7 Å². The lowest BCUT2D eigenvalue weighted by Crippen LogP contribution is -2.25. The number of rotatable bonds is 3. The molecular weight excluding hydrogens is 278 g/mol. The lowest BCUT2D eigenvalue weighted by molar-refractivity contribution is -0.137. The van der Waals surface area contributed by atoms with Gasteiger partial charge in [-0.05, 0) is 25.0 Å². The number of fused-ring (bicyclic) bond motifs is 1. The topological polar surface area (TPSA) is 55.1 Å². The lowest BCUT2D eigenvalue weighted by Gasteiger charge is -2.28. The minimum atomic E-state index is -2.60. The predicted octanol–water partition coefficient (Wildman–Crippen LogP) is 3.41. The molecule has 1 heterocycles. The molecule has 112 valence electrons. The van der Waals surface area contributed by atoms with Crippen molar-refractivity contribution in [3.05, 3.63) is 30.1 Å². The number of alkyl halides is 2. The smallest absolute Gasteiger partial charge is 0.323 e. The second kappa shape index (κ2) is 5.09. The highest BCUT2D eigenvalue weighted by Gasteiger charge is 2.37. The van der Waals surface area contributed by atoms with Crippen LogP contribution in [0.3, 0.4) is 0 Å². The molecular formula is C15H16F2N2O2. The zero-order chi connectivity index (χ0) is 15.0. The Balaban J connectivity index is 1.99. The van der Waals surface area contributed by atoms with Crippen LogP contribution in [0.4, 0.5) is 8.78 Å². The second-order valence-electron chi connectivity index (χ2n) is 5.57. The van der Waals surface area contributed by atoms with E-state index >= 15 is 0 Å². The number of para-hydroxylation sites is 2. The third-order valence-corrected chi connectivity index (χ3v) is 4.06. The van der Waals surface area contributed by atoms with Gasteiger partial charge in [0.1, 0.15) is 12.4 Å². The summed E-state index contributed by atoms with van der Waals surface area (Å²) in [4.78, 5) is 15.6. The van der Waals surface area contributed by atoms with Gasteiger partial charge in [0.15, 0.2) is 0 Å². The normalized spacial score (nSPS) is 19.0. The molecule has 3 rings (SSSR count). The molecule has 0 aliphatic heterocycles. The summed E-state index contributed by atoms with van der Waals surface area (Å²) in [6.07, 6.45) is 0.369. The first-order valence-electron chi connectivity index (χ1n) is 7.01. The van der Waals surface area contributed by atoms with E-state index in [1.165, 1.54) is 0 Å². The van der Waals surface area contributed by atoms with Gasteiger partial charge in [0.05, 0.1) is 11.0 Å². The summed E-state index contributed by atoms with van der Waals surface area (Å²) in [6.45, 7) is -0.192.